The highest BCUT2D eigenvalue weighted by atomic mass is 19.2. The molecule has 0 aliphatic heterocycles. The van der Waals surface area contributed by atoms with Crippen LogP contribution in [0, 0.1) is 11.6 Å². The Balaban J connectivity index is 2.78. The maximum absolute atomic E-state index is 13.5. The summed E-state index contributed by atoms with van der Waals surface area (Å²) in [4.78, 5) is 1.80. The number of benzene rings is 1. The van der Waals surface area contributed by atoms with Crippen molar-refractivity contribution in [3.8, 4) is 0 Å². The standard InChI is InChI=1S/C12H19F2N3O/c1-12(18,7-17(2)3)6-16-11-9(15)5-4-8(13)10(11)14/h4-5,16,18H,6-7,15H2,1-3H3. The largest absolute Gasteiger partial charge is 0.397 e. The first-order chi connectivity index (χ1) is 8.23. The van der Waals surface area contributed by atoms with Crippen LogP contribution in [0.3, 0.4) is 0 Å². The number of nitrogens with two attached hydrogens (primary N) is 1. The number of hydrogen-bond acceptors (Lipinski definition) is 4. The van der Waals surface area contributed by atoms with Crippen LogP contribution < -0.4 is 11.1 Å². The molecule has 1 aromatic carbocycles. The highest BCUT2D eigenvalue weighted by Gasteiger charge is 2.22. The molecule has 4 nitrogen and oxygen atoms in total. The number of rotatable bonds is 5. The lowest BCUT2D eigenvalue weighted by atomic mass is 10.1. The van der Waals surface area contributed by atoms with Crippen LogP contribution in [0.4, 0.5) is 20.2 Å². The molecule has 0 radical (unpaired) electrons. The SMILES string of the molecule is CN(C)CC(C)(O)CNc1c(N)ccc(F)c1F. The molecule has 102 valence electrons. The van der Waals surface area contributed by atoms with E-state index < -0.39 is 17.2 Å². The molecule has 0 bridgehead atoms. The van der Waals surface area contributed by atoms with Gasteiger partial charge in [-0.3, -0.25) is 0 Å². The second-order valence-corrected chi connectivity index (χ2v) is 4.91. The van der Waals surface area contributed by atoms with Gasteiger partial charge in [0.25, 0.3) is 0 Å². The van der Waals surface area contributed by atoms with E-state index in [1.807, 2.05) is 14.1 Å². The van der Waals surface area contributed by atoms with E-state index in [2.05, 4.69) is 5.32 Å². The molecule has 0 amide bonds. The molecule has 0 spiro atoms. The van der Waals surface area contributed by atoms with Crippen molar-refractivity contribution in [3.63, 3.8) is 0 Å². The van der Waals surface area contributed by atoms with Crippen LogP contribution in [-0.4, -0.2) is 42.8 Å². The van der Waals surface area contributed by atoms with Gasteiger partial charge in [0.15, 0.2) is 11.6 Å². The molecule has 0 aromatic heterocycles. The van der Waals surface area contributed by atoms with Gasteiger partial charge in [-0.15, -0.1) is 0 Å². The minimum absolute atomic E-state index is 0.0652. The average Bonchev–Trinajstić information content (AvgIpc) is 2.22. The maximum Gasteiger partial charge on any atom is 0.183 e. The minimum Gasteiger partial charge on any atom is -0.397 e. The number of aliphatic hydroxyl groups is 1. The molecule has 0 saturated carbocycles. The Labute approximate surface area is 105 Å². The molecule has 0 saturated heterocycles. The van der Waals surface area contributed by atoms with Gasteiger partial charge in [-0.25, -0.2) is 8.78 Å². The van der Waals surface area contributed by atoms with Crippen molar-refractivity contribution in [2.75, 3.05) is 38.2 Å². The van der Waals surface area contributed by atoms with E-state index in [4.69, 9.17) is 5.73 Å². The van der Waals surface area contributed by atoms with Crippen molar-refractivity contribution >= 4 is 11.4 Å². The lowest BCUT2D eigenvalue weighted by molar-refractivity contribution is 0.0459. The van der Waals surface area contributed by atoms with Crippen LogP contribution in [0.5, 0.6) is 0 Å². The summed E-state index contributed by atoms with van der Waals surface area (Å²) in [5.74, 6) is -2.00. The summed E-state index contributed by atoms with van der Waals surface area (Å²) < 4.78 is 26.5. The van der Waals surface area contributed by atoms with E-state index in [9.17, 15) is 13.9 Å². The molecule has 1 unspecified atom stereocenters. The number of nitrogens with one attached hydrogen (secondary N) is 1. The molecule has 0 fully saturated rings. The Kier molecular flexibility index (Phi) is 4.48. The second-order valence-electron chi connectivity index (χ2n) is 4.91. The molecule has 1 aromatic rings. The molecule has 6 heteroatoms. The Bertz CT molecular complexity index is 422. The second kappa shape index (κ2) is 5.49. The van der Waals surface area contributed by atoms with Crippen LogP contribution in [0.15, 0.2) is 12.1 Å². The molecule has 4 N–H and O–H groups in total. The summed E-state index contributed by atoms with van der Waals surface area (Å²) in [7, 11) is 3.62. The predicted octanol–water partition coefficient (Wildman–Crippen LogP) is 1.27. The molecular weight excluding hydrogens is 240 g/mol. The molecule has 0 aliphatic rings. The fourth-order valence-corrected chi connectivity index (χ4v) is 1.76. The van der Waals surface area contributed by atoms with Gasteiger partial charge in [0, 0.05) is 13.1 Å². The number of halogens is 2. The molecule has 1 atom stereocenters. The number of nitrogen functional groups attached to an aromatic ring is 1. The Morgan fingerprint density at radius 3 is 2.56 bits per heavy atom. The summed E-state index contributed by atoms with van der Waals surface area (Å²) in [6.45, 7) is 2.06. The number of anilines is 2. The lowest BCUT2D eigenvalue weighted by Gasteiger charge is -2.27. The molecule has 1 rings (SSSR count). The quantitative estimate of drug-likeness (QED) is 0.697. The first-order valence-electron chi connectivity index (χ1n) is 5.57. The van der Waals surface area contributed by atoms with Gasteiger partial charge >= 0.3 is 0 Å². The smallest absolute Gasteiger partial charge is 0.183 e. The van der Waals surface area contributed by atoms with Gasteiger partial charge in [-0.2, -0.15) is 0 Å². The van der Waals surface area contributed by atoms with Crippen molar-refractivity contribution < 1.29 is 13.9 Å². The topological polar surface area (TPSA) is 61.5 Å². The zero-order valence-electron chi connectivity index (χ0n) is 10.8. The van der Waals surface area contributed by atoms with Gasteiger partial charge in [0.2, 0.25) is 0 Å². The zero-order valence-corrected chi connectivity index (χ0v) is 10.8. The van der Waals surface area contributed by atoms with Crippen LogP contribution in [0.25, 0.3) is 0 Å². The summed E-state index contributed by atoms with van der Waals surface area (Å²) in [6.07, 6.45) is 0. The minimum atomic E-state index is -1.07. The van der Waals surface area contributed by atoms with Crippen LogP contribution >= 0.6 is 0 Å². The van der Waals surface area contributed by atoms with Crippen molar-refractivity contribution in [2.24, 2.45) is 0 Å². The summed E-state index contributed by atoms with van der Waals surface area (Å²) in [5, 5.41) is 12.7. The molecule has 0 heterocycles. The van der Waals surface area contributed by atoms with Gasteiger partial charge in [-0.05, 0) is 33.2 Å². The van der Waals surface area contributed by atoms with Gasteiger partial charge in [0.05, 0.1) is 17.0 Å². The molecule has 0 aliphatic carbocycles. The summed E-state index contributed by atoms with van der Waals surface area (Å²) in [5.41, 5.74) is 4.47. The molecule has 18 heavy (non-hydrogen) atoms. The van der Waals surface area contributed by atoms with Crippen molar-refractivity contribution in [1.29, 1.82) is 0 Å². The Hall–Kier alpha value is -1.40. The Morgan fingerprint density at radius 1 is 1.39 bits per heavy atom. The highest BCUT2D eigenvalue weighted by Crippen LogP contribution is 2.25. The van der Waals surface area contributed by atoms with E-state index in [-0.39, 0.29) is 17.9 Å². The first-order valence-corrected chi connectivity index (χ1v) is 5.57. The van der Waals surface area contributed by atoms with E-state index in [0.29, 0.717) is 6.54 Å². The highest BCUT2D eigenvalue weighted by molar-refractivity contribution is 5.66. The van der Waals surface area contributed by atoms with E-state index in [0.717, 1.165) is 6.07 Å². The summed E-state index contributed by atoms with van der Waals surface area (Å²) >= 11 is 0. The van der Waals surface area contributed by atoms with E-state index >= 15 is 0 Å². The fourth-order valence-electron chi connectivity index (χ4n) is 1.76. The third kappa shape index (κ3) is 3.82. The van der Waals surface area contributed by atoms with Crippen molar-refractivity contribution in [1.82, 2.24) is 4.90 Å². The van der Waals surface area contributed by atoms with Crippen molar-refractivity contribution in [2.45, 2.75) is 12.5 Å². The number of likely N-dealkylation sites (N-methyl/N-ethyl adjacent to an activating group) is 1. The first kappa shape index (κ1) is 14.7. The monoisotopic (exact) mass is 259 g/mol. The maximum atomic E-state index is 13.5. The third-order valence-corrected chi connectivity index (χ3v) is 2.43. The summed E-state index contributed by atoms with van der Waals surface area (Å²) in [6, 6.07) is 2.25. The Morgan fingerprint density at radius 2 is 2.00 bits per heavy atom. The van der Waals surface area contributed by atoms with Crippen LogP contribution in [-0.2, 0) is 0 Å². The van der Waals surface area contributed by atoms with E-state index in [1.54, 1.807) is 11.8 Å². The van der Waals surface area contributed by atoms with Crippen molar-refractivity contribution in [3.05, 3.63) is 23.8 Å². The zero-order chi connectivity index (χ0) is 13.9. The molecular formula is C12H19F2N3O. The van der Waals surface area contributed by atoms with Gasteiger partial charge in [-0.1, -0.05) is 0 Å². The van der Waals surface area contributed by atoms with Crippen LogP contribution in [0.1, 0.15) is 6.92 Å². The normalized spacial score (nSPS) is 14.6. The fraction of sp³-hybridized carbons (Fsp3) is 0.500. The predicted molar refractivity (Wildman–Crippen MR) is 68.4 cm³/mol. The van der Waals surface area contributed by atoms with E-state index in [1.165, 1.54) is 6.07 Å². The number of hydrogen-bond donors (Lipinski definition) is 3. The van der Waals surface area contributed by atoms with Crippen LogP contribution in [0.2, 0.25) is 0 Å². The third-order valence-electron chi connectivity index (χ3n) is 2.43. The van der Waals surface area contributed by atoms with Gasteiger partial charge in [0.1, 0.15) is 0 Å². The average molecular weight is 259 g/mol. The number of nitrogens with zero attached hydrogens (tertiary/aromatic N) is 1. The van der Waals surface area contributed by atoms with Gasteiger partial charge < -0.3 is 21.1 Å². The lowest BCUT2D eigenvalue weighted by Crippen LogP contribution is -2.43.